The van der Waals surface area contributed by atoms with Gasteiger partial charge in [-0.25, -0.2) is 5.01 Å². The van der Waals surface area contributed by atoms with Gasteiger partial charge in [0.05, 0.1) is 33.7 Å². The number of hydrogen-bond donors (Lipinski definition) is 2. The number of nitrogens with zero attached hydrogens (tertiary/aromatic N) is 3. The molecule has 1 fully saturated rings. The van der Waals surface area contributed by atoms with Crippen molar-refractivity contribution in [2.24, 2.45) is 11.0 Å². The van der Waals surface area contributed by atoms with Gasteiger partial charge in [0.25, 0.3) is 5.91 Å². The molecule has 1 aromatic rings. The molecule has 0 aromatic heterocycles. The van der Waals surface area contributed by atoms with Crippen molar-refractivity contribution in [3.8, 4) is 0 Å². The zero-order valence-electron chi connectivity index (χ0n) is 22.8. The smallest absolute Gasteiger partial charge is 0.277 e. The molecule has 0 bridgehead atoms. The molecule has 2 aliphatic carbocycles. The van der Waals surface area contributed by atoms with Crippen molar-refractivity contribution in [2.75, 3.05) is 23.3 Å². The van der Waals surface area contributed by atoms with Crippen molar-refractivity contribution in [2.45, 2.75) is 79.2 Å². The van der Waals surface area contributed by atoms with Crippen LogP contribution in [0, 0.1) is 5.92 Å². The molecular weight excluding hydrogens is 468 g/mol. The number of aliphatic hydroxyl groups excluding tert-OH is 1. The average Bonchev–Trinajstić information content (AvgIpc) is 3.44. The Bertz CT molecular complexity index is 1220. The van der Waals surface area contributed by atoms with E-state index >= 15 is 0 Å². The molecule has 1 aliphatic heterocycles. The zero-order chi connectivity index (χ0) is 27.1. The van der Waals surface area contributed by atoms with E-state index in [1.807, 2.05) is 32.9 Å². The van der Waals surface area contributed by atoms with Gasteiger partial charge in [-0.15, -0.1) is 0 Å². The monoisotopic (exact) mass is 506 g/mol. The fourth-order valence-electron chi connectivity index (χ4n) is 5.45. The van der Waals surface area contributed by atoms with E-state index in [1.54, 1.807) is 13.0 Å². The number of carbonyl (C=O) groups excluding carboxylic acids is 3. The molecule has 4 rings (SSSR count). The minimum Gasteiger partial charge on any atom is -0.506 e. The Morgan fingerprint density at radius 2 is 1.76 bits per heavy atom. The SMILES string of the molecule is CCN(CC)c1ccc(C2=C(O)C(=C3C(=O)N(C(C)(C)C)N=C3C)C2=O)c(NC(=O)CC2CCCC2)c1. The number of nitrogens with one attached hydrogen (secondary N) is 1. The first-order valence-electron chi connectivity index (χ1n) is 13.3. The van der Waals surface area contributed by atoms with Crippen LogP contribution in [0.15, 0.2) is 40.2 Å². The lowest BCUT2D eigenvalue weighted by atomic mass is 9.79. The van der Waals surface area contributed by atoms with E-state index in [0.717, 1.165) is 44.5 Å². The van der Waals surface area contributed by atoms with Crippen molar-refractivity contribution >= 4 is 40.3 Å². The highest BCUT2D eigenvalue weighted by atomic mass is 16.3. The number of rotatable bonds is 7. The molecule has 1 heterocycles. The minimum atomic E-state index is -0.563. The Morgan fingerprint density at radius 1 is 1.11 bits per heavy atom. The molecule has 8 heteroatoms. The van der Waals surface area contributed by atoms with Gasteiger partial charge in [0.2, 0.25) is 11.7 Å². The Labute approximate surface area is 219 Å². The molecule has 8 nitrogen and oxygen atoms in total. The van der Waals surface area contributed by atoms with Crippen LogP contribution < -0.4 is 10.2 Å². The second kappa shape index (κ2) is 10.1. The second-order valence-electron chi connectivity index (χ2n) is 11.1. The van der Waals surface area contributed by atoms with E-state index in [4.69, 9.17) is 0 Å². The third-order valence-corrected chi connectivity index (χ3v) is 7.46. The number of amides is 2. The van der Waals surface area contributed by atoms with Crippen LogP contribution >= 0.6 is 0 Å². The van der Waals surface area contributed by atoms with Crippen LogP contribution in [-0.4, -0.2) is 52.1 Å². The van der Waals surface area contributed by atoms with Crippen LogP contribution in [0.4, 0.5) is 11.4 Å². The molecule has 1 aromatic carbocycles. The highest BCUT2D eigenvalue weighted by molar-refractivity contribution is 6.44. The molecule has 198 valence electrons. The molecule has 0 atom stereocenters. The molecule has 0 saturated heterocycles. The van der Waals surface area contributed by atoms with Gasteiger partial charge in [0.15, 0.2) is 0 Å². The Kier molecular flexibility index (Phi) is 7.31. The van der Waals surface area contributed by atoms with Gasteiger partial charge >= 0.3 is 0 Å². The van der Waals surface area contributed by atoms with Gasteiger partial charge in [0.1, 0.15) is 5.76 Å². The summed E-state index contributed by atoms with van der Waals surface area (Å²) in [7, 11) is 0. The standard InChI is InChI=1S/C29H38N4O4/c1-7-32(8-2)19-13-14-20(21(16-19)30-22(34)15-18-11-9-10-12-18)24-26(35)25(27(24)36)23-17(3)31-33(28(23)37)29(4,5)6/h13-14,16,18,35H,7-12,15H2,1-6H3,(H,30,34). The number of ketones is 1. The summed E-state index contributed by atoms with van der Waals surface area (Å²) in [6.45, 7) is 12.9. The van der Waals surface area contributed by atoms with Crippen molar-refractivity contribution in [3.63, 3.8) is 0 Å². The highest BCUT2D eigenvalue weighted by Crippen LogP contribution is 2.43. The minimum absolute atomic E-state index is 0.0101. The molecular formula is C29H38N4O4. The topological polar surface area (TPSA) is 102 Å². The first kappa shape index (κ1) is 26.6. The van der Waals surface area contributed by atoms with Gasteiger partial charge < -0.3 is 15.3 Å². The van der Waals surface area contributed by atoms with E-state index in [0.29, 0.717) is 29.3 Å². The molecule has 0 radical (unpaired) electrons. The summed E-state index contributed by atoms with van der Waals surface area (Å²) in [6, 6.07) is 5.52. The van der Waals surface area contributed by atoms with E-state index in [9.17, 15) is 19.5 Å². The summed E-state index contributed by atoms with van der Waals surface area (Å²) in [4.78, 5) is 41.6. The van der Waals surface area contributed by atoms with Gasteiger partial charge in [-0.1, -0.05) is 12.8 Å². The normalized spacial score (nSPS) is 20.5. The van der Waals surface area contributed by atoms with Crippen LogP contribution in [-0.2, 0) is 14.4 Å². The third kappa shape index (κ3) is 4.93. The predicted octanol–water partition coefficient (Wildman–Crippen LogP) is 5.22. The number of benzene rings is 1. The van der Waals surface area contributed by atoms with Gasteiger partial charge in [-0.2, -0.15) is 5.10 Å². The number of hydrazone groups is 1. The van der Waals surface area contributed by atoms with Crippen molar-refractivity contribution in [3.05, 3.63) is 40.7 Å². The van der Waals surface area contributed by atoms with E-state index < -0.39 is 17.2 Å². The summed E-state index contributed by atoms with van der Waals surface area (Å²) < 4.78 is 0. The molecule has 0 unspecified atom stereocenters. The zero-order valence-corrected chi connectivity index (χ0v) is 22.8. The number of aliphatic hydroxyl groups is 1. The lowest BCUT2D eigenvalue weighted by molar-refractivity contribution is -0.130. The Balaban J connectivity index is 1.73. The molecule has 2 N–H and O–H groups in total. The number of carbonyl (C=O) groups is 3. The number of anilines is 2. The molecule has 2 amide bonds. The van der Waals surface area contributed by atoms with E-state index in [-0.39, 0.29) is 28.4 Å². The lowest BCUT2D eigenvalue weighted by Crippen LogP contribution is -2.40. The van der Waals surface area contributed by atoms with Crippen LogP contribution in [0.25, 0.3) is 5.57 Å². The fourth-order valence-corrected chi connectivity index (χ4v) is 5.45. The number of allylic oxidation sites excluding steroid dienone is 2. The average molecular weight is 507 g/mol. The Hall–Kier alpha value is -3.42. The third-order valence-electron chi connectivity index (χ3n) is 7.46. The quantitative estimate of drug-likeness (QED) is 0.494. The lowest BCUT2D eigenvalue weighted by Gasteiger charge is -2.29. The van der Waals surface area contributed by atoms with Gasteiger partial charge in [-0.3, -0.25) is 14.4 Å². The van der Waals surface area contributed by atoms with Crippen LogP contribution in [0.3, 0.4) is 0 Å². The second-order valence-corrected chi connectivity index (χ2v) is 11.1. The van der Waals surface area contributed by atoms with E-state index in [1.165, 1.54) is 5.01 Å². The highest BCUT2D eigenvalue weighted by Gasteiger charge is 2.45. The fraction of sp³-hybridized carbons (Fsp3) is 0.517. The van der Waals surface area contributed by atoms with Crippen LogP contribution in [0.1, 0.15) is 79.2 Å². The number of Topliss-reactive ketones (excluding diaryl/α,β-unsaturated/α-hetero) is 1. The predicted molar refractivity (Wildman–Crippen MR) is 146 cm³/mol. The maximum atomic E-state index is 13.4. The number of hydrogen-bond acceptors (Lipinski definition) is 6. The first-order chi connectivity index (χ1) is 17.5. The maximum absolute atomic E-state index is 13.4. The van der Waals surface area contributed by atoms with Crippen LogP contribution in [0.2, 0.25) is 0 Å². The summed E-state index contributed by atoms with van der Waals surface area (Å²) in [5.41, 5.74) is 1.94. The summed E-state index contributed by atoms with van der Waals surface area (Å²) >= 11 is 0. The summed E-state index contributed by atoms with van der Waals surface area (Å²) in [5, 5.41) is 19.8. The molecule has 37 heavy (non-hydrogen) atoms. The molecule has 3 aliphatic rings. The summed E-state index contributed by atoms with van der Waals surface area (Å²) in [5.74, 6) is -0.773. The van der Waals surface area contributed by atoms with Crippen molar-refractivity contribution in [1.29, 1.82) is 0 Å². The first-order valence-corrected chi connectivity index (χ1v) is 13.3. The van der Waals surface area contributed by atoms with Gasteiger partial charge in [0, 0.05) is 30.8 Å². The largest absolute Gasteiger partial charge is 0.506 e. The van der Waals surface area contributed by atoms with Gasteiger partial charge in [-0.05, 0) is 78.5 Å². The molecule has 0 spiro atoms. The van der Waals surface area contributed by atoms with Crippen molar-refractivity contribution in [1.82, 2.24) is 5.01 Å². The van der Waals surface area contributed by atoms with E-state index in [2.05, 4.69) is 29.2 Å². The van der Waals surface area contributed by atoms with Crippen LogP contribution in [0.5, 0.6) is 0 Å². The molecule has 1 saturated carbocycles. The Morgan fingerprint density at radius 3 is 2.30 bits per heavy atom. The summed E-state index contributed by atoms with van der Waals surface area (Å²) in [6.07, 6.45) is 4.86. The van der Waals surface area contributed by atoms with Crippen molar-refractivity contribution < 1.29 is 19.5 Å². The maximum Gasteiger partial charge on any atom is 0.277 e.